The Hall–Kier alpha value is -1.89. The minimum Gasteiger partial charge on any atom is -0.497 e. The quantitative estimate of drug-likeness (QED) is 0.724. The number of urea groups is 1. The van der Waals surface area contributed by atoms with Gasteiger partial charge in [0.15, 0.2) is 5.17 Å². The third kappa shape index (κ3) is 4.26. The zero-order valence-corrected chi connectivity index (χ0v) is 16.5. The van der Waals surface area contributed by atoms with E-state index >= 15 is 0 Å². The Balaban J connectivity index is 1.88. The van der Waals surface area contributed by atoms with Gasteiger partial charge in [-0.1, -0.05) is 41.9 Å². The van der Waals surface area contributed by atoms with Crippen LogP contribution in [-0.2, 0) is 0 Å². The average Bonchev–Trinajstić information content (AvgIpc) is 3.05. The van der Waals surface area contributed by atoms with Crippen molar-refractivity contribution in [3.63, 3.8) is 0 Å². The van der Waals surface area contributed by atoms with Crippen LogP contribution in [0.25, 0.3) is 0 Å². The first-order valence-corrected chi connectivity index (χ1v) is 9.53. The van der Waals surface area contributed by atoms with Crippen LogP contribution in [0, 0.1) is 0 Å². The number of carbonyl (C=O) groups is 1. The molecule has 2 aromatic carbocycles. The van der Waals surface area contributed by atoms with Gasteiger partial charge in [0.25, 0.3) is 0 Å². The van der Waals surface area contributed by atoms with Gasteiger partial charge in [-0.2, -0.15) is 0 Å². The number of rotatable bonds is 3. The van der Waals surface area contributed by atoms with Crippen LogP contribution in [0.3, 0.4) is 0 Å². The predicted molar refractivity (Wildman–Crippen MR) is 110 cm³/mol. The molecule has 136 valence electrons. The summed E-state index contributed by atoms with van der Waals surface area (Å²) in [6, 6.07) is 11.9. The molecule has 2 amide bonds. The number of ether oxygens (including phenoxy) is 1. The van der Waals surface area contributed by atoms with E-state index in [-0.39, 0.29) is 6.03 Å². The first-order chi connectivity index (χ1) is 12.5. The molecule has 2 aromatic rings. The zero-order chi connectivity index (χ0) is 18.7. The Kier molecular flexibility index (Phi) is 5.96. The number of amidine groups is 1. The van der Waals surface area contributed by atoms with E-state index in [4.69, 9.17) is 27.9 Å². The largest absolute Gasteiger partial charge is 0.497 e. The van der Waals surface area contributed by atoms with E-state index < -0.39 is 0 Å². The smallest absolute Gasteiger partial charge is 0.332 e. The maximum Gasteiger partial charge on any atom is 0.332 e. The van der Waals surface area contributed by atoms with E-state index in [0.29, 0.717) is 44.1 Å². The fraction of sp³-hybridized carbons (Fsp3) is 0.222. The highest BCUT2D eigenvalue weighted by Gasteiger charge is 2.27. The second kappa shape index (κ2) is 8.20. The molecule has 0 saturated carbocycles. The van der Waals surface area contributed by atoms with Crippen LogP contribution in [-0.4, -0.2) is 30.1 Å². The van der Waals surface area contributed by atoms with Gasteiger partial charge < -0.3 is 10.1 Å². The Labute approximate surface area is 166 Å². The van der Waals surface area contributed by atoms with E-state index in [1.54, 1.807) is 54.1 Å². The Morgan fingerprint density at radius 1 is 1.23 bits per heavy atom. The molecule has 0 bridgehead atoms. The van der Waals surface area contributed by atoms with E-state index in [1.165, 1.54) is 0 Å². The number of carbonyl (C=O) groups excluding carboxylic acids is 1. The van der Waals surface area contributed by atoms with E-state index in [0.717, 1.165) is 0 Å². The van der Waals surface area contributed by atoms with Crippen LogP contribution in [0.2, 0.25) is 10.0 Å². The lowest BCUT2D eigenvalue weighted by Crippen LogP contribution is -2.38. The molecule has 1 aliphatic heterocycles. The Morgan fingerprint density at radius 2 is 1.96 bits per heavy atom. The van der Waals surface area contributed by atoms with Gasteiger partial charge in [-0.25, -0.2) is 9.69 Å². The molecule has 1 heterocycles. The van der Waals surface area contributed by atoms with Crippen LogP contribution in [0.1, 0.15) is 6.92 Å². The second-order valence-electron chi connectivity index (χ2n) is 5.64. The summed E-state index contributed by atoms with van der Waals surface area (Å²) in [6.07, 6.45) is 0. The normalized spacial score (nSPS) is 16.2. The van der Waals surface area contributed by atoms with Gasteiger partial charge in [-0.15, -0.1) is 0 Å². The minimum atomic E-state index is -0.325. The number of benzene rings is 2. The number of halogens is 2. The van der Waals surface area contributed by atoms with Crippen molar-refractivity contribution in [2.24, 2.45) is 4.99 Å². The van der Waals surface area contributed by atoms with Crippen molar-refractivity contribution in [1.29, 1.82) is 0 Å². The summed E-state index contributed by atoms with van der Waals surface area (Å²) in [6.45, 7) is 2.75. The van der Waals surface area contributed by atoms with Crippen LogP contribution in [0.15, 0.2) is 47.5 Å². The highest BCUT2D eigenvalue weighted by molar-refractivity contribution is 8.15. The van der Waals surface area contributed by atoms with E-state index in [1.807, 2.05) is 12.1 Å². The lowest BCUT2D eigenvalue weighted by Gasteiger charge is -2.23. The van der Waals surface area contributed by atoms with Crippen LogP contribution in [0.4, 0.5) is 16.2 Å². The van der Waals surface area contributed by atoms with Crippen molar-refractivity contribution in [3.05, 3.63) is 52.5 Å². The maximum absolute atomic E-state index is 13.0. The number of hydrogen-bond donors (Lipinski definition) is 1. The molecule has 0 saturated heterocycles. The molecule has 26 heavy (non-hydrogen) atoms. The summed E-state index contributed by atoms with van der Waals surface area (Å²) in [5.41, 5.74) is 1.25. The summed E-state index contributed by atoms with van der Waals surface area (Å²) in [4.78, 5) is 19.0. The number of anilines is 2. The van der Waals surface area contributed by atoms with Crippen molar-refractivity contribution >= 4 is 57.5 Å². The molecule has 3 rings (SSSR count). The van der Waals surface area contributed by atoms with Gasteiger partial charge in [-0.05, 0) is 42.5 Å². The summed E-state index contributed by atoms with van der Waals surface area (Å²) >= 11 is 13.5. The van der Waals surface area contributed by atoms with Gasteiger partial charge in [-0.3, -0.25) is 4.99 Å². The molecule has 1 N–H and O–H groups in total. The standard InChI is InChI=1S/C18H17Cl2N3O2S/c1-11-10-21-18(26-11)23(13-4-6-14(25-2)7-5-13)17(24)22-12-3-8-15(19)16(20)9-12/h3-9,11H,10H2,1-2H3,(H,22,24). The highest BCUT2D eigenvalue weighted by Crippen LogP contribution is 2.30. The monoisotopic (exact) mass is 409 g/mol. The van der Waals surface area contributed by atoms with Crippen molar-refractivity contribution < 1.29 is 9.53 Å². The molecular formula is C18H17Cl2N3O2S. The number of nitrogens with one attached hydrogen (secondary N) is 1. The number of methoxy groups -OCH3 is 1. The number of hydrogen-bond acceptors (Lipinski definition) is 4. The van der Waals surface area contributed by atoms with Crippen molar-refractivity contribution in [2.45, 2.75) is 12.2 Å². The number of thioether (sulfide) groups is 1. The first-order valence-electron chi connectivity index (χ1n) is 7.89. The van der Waals surface area contributed by atoms with Gasteiger partial charge >= 0.3 is 6.03 Å². The molecular weight excluding hydrogens is 393 g/mol. The minimum absolute atomic E-state index is 0.323. The molecule has 1 atom stereocenters. The number of aliphatic imine (C=N–C) groups is 1. The fourth-order valence-corrected chi connectivity index (χ4v) is 3.63. The number of nitrogens with zero attached hydrogens (tertiary/aromatic N) is 2. The summed E-state index contributed by atoms with van der Waals surface area (Å²) < 4.78 is 5.19. The van der Waals surface area contributed by atoms with Gasteiger partial charge in [0, 0.05) is 10.9 Å². The maximum atomic E-state index is 13.0. The molecule has 5 nitrogen and oxygen atoms in total. The van der Waals surface area contributed by atoms with Crippen molar-refractivity contribution in [2.75, 3.05) is 23.9 Å². The third-order valence-corrected chi connectivity index (χ3v) is 5.50. The van der Waals surface area contributed by atoms with E-state index in [9.17, 15) is 4.79 Å². The van der Waals surface area contributed by atoms with Crippen LogP contribution >= 0.6 is 35.0 Å². The highest BCUT2D eigenvalue weighted by atomic mass is 35.5. The molecule has 1 unspecified atom stereocenters. The third-order valence-electron chi connectivity index (χ3n) is 3.69. The summed E-state index contributed by atoms with van der Waals surface area (Å²) in [7, 11) is 1.60. The summed E-state index contributed by atoms with van der Waals surface area (Å²) in [5.74, 6) is 0.716. The van der Waals surface area contributed by atoms with Crippen molar-refractivity contribution in [1.82, 2.24) is 0 Å². The SMILES string of the molecule is COc1ccc(N(C(=O)Nc2ccc(Cl)c(Cl)c2)C2=NCC(C)S2)cc1. The first kappa shape index (κ1) is 18.9. The number of amides is 2. The Morgan fingerprint density at radius 3 is 2.54 bits per heavy atom. The van der Waals surface area contributed by atoms with Gasteiger partial charge in [0.1, 0.15) is 5.75 Å². The van der Waals surface area contributed by atoms with Crippen molar-refractivity contribution in [3.8, 4) is 5.75 Å². The molecule has 0 radical (unpaired) electrons. The molecule has 1 aliphatic rings. The topological polar surface area (TPSA) is 53.9 Å². The predicted octanol–water partition coefficient (Wildman–Crippen LogP) is 5.53. The zero-order valence-electron chi connectivity index (χ0n) is 14.2. The van der Waals surface area contributed by atoms with Crippen LogP contribution < -0.4 is 15.0 Å². The average molecular weight is 410 g/mol. The Bertz CT molecular complexity index is 843. The summed E-state index contributed by atoms with van der Waals surface area (Å²) in [5, 5.41) is 4.63. The van der Waals surface area contributed by atoms with Crippen LogP contribution in [0.5, 0.6) is 5.75 Å². The van der Waals surface area contributed by atoms with Gasteiger partial charge in [0.2, 0.25) is 0 Å². The lowest BCUT2D eigenvalue weighted by atomic mass is 10.3. The van der Waals surface area contributed by atoms with Gasteiger partial charge in [0.05, 0.1) is 29.4 Å². The second-order valence-corrected chi connectivity index (χ2v) is 7.86. The molecule has 0 aliphatic carbocycles. The molecule has 8 heteroatoms. The lowest BCUT2D eigenvalue weighted by molar-refractivity contribution is 0.259. The molecule has 0 fully saturated rings. The van der Waals surface area contributed by atoms with E-state index in [2.05, 4.69) is 17.2 Å². The molecule has 0 aromatic heterocycles. The fourth-order valence-electron chi connectivity index (χ4n) is 2.38. The molecule has 0 spiro atoms.